The van der Waals surface area contributed by atoms with Gasteiger partial charge in [-0.25, -0.2) is 4.39 Å². The summed E-state index contributed by atoms with van der Waals surface area (Å²) in [5, 5.41) is 9.13. The number of halogens is 4. The van der Waals surface area contributed by atoms with E-state index in [1.807, 2.05) is 0 Å². The van der Waals surface area contributed by atoms with Crippen molar-refractivity contribution in [3.05, 3.63) is 35.1 Å². The fourth-order valence-electron chi connectivity index (χ4n) is 1.73. The third-order valence-corrected chi connectivity index (χ3v) is 2.75. The van der Waals surface area contributed by atoms with Crippen molar-refractivity contribution in [1.82, 2.24) is 4.90 Å². The summed E-state index contributed by atoms with van der Waals surface area (Å²) in [5.74, 6) is -0.900. The number of hydrogen-bond acceptors (Lipinski definition) is 2. The summed E-state index contributed by atoms with van der Waals surface area (Å²) in [6.07, 6.45) is -4.60. The summed E-state index contributed by atoms with van der Waals surface area (Å²) in [5.41, 5.74) is -0.918. The third kappa shape index (κ3) is 5.16. The minimum Gasteiger partial charge on any atom is -0.393 e. The van der Waals surface area contributed by atoms with Crippen LogP contribution in [0.2, 0.25) is 0 Å². The van der Waals surface area contributed by atoms with Crippen molar-refractivity contribution >= 4 is 0 Å². The highest BCUT2D eigenvalue weighted by Crippen LogP contribution is 2.33. The second-order valence-electron chi connectivity index (χ2n) is 4.67. The molecule has 0 aliphatic carbocycles. The van der Waals surface area contributed by atoms with Crippen LogP contribution in [-0.2, 0) is 12.7 Å². The minimum atomic E-state index is -4.57. The van der Waals surface area contributed by atoms with Crippen LogP contribution in [0.3, 0.4) is 0 Å². The molecule has 1 unspecified atom stereocenters. The Morgan fingerprint density at radius 3 is 2.47 bits per heavy atom. The lowest BCUT2D eigenvalue weighted by molar-refractivity contribution is -0.138. The molecule has 0 radical (unpaired) electrons. The van der Waals surface area contributed by atoms with Gasteiger partial charge in [0.05, 0.1) is 11.7 Å². The van der Waals surface area contributed by atoms with Gasteiger partial charge in [0.15, 0.2) is 0 Å². The molecule has 0 aliphatic rings. The van der Waals surface area contributed by atoms with Crippen LogP contribution in [0.25, 0.3) is 0 Å². The number of hydrogen-bond donors (Lipinski definition) is 1. The molecule has 0 fully saturated rings. The van der Waals surface area contributed by atoms with Gasteiger partial charge in [0.2, 0.25) is 0 Å². The average Bonchev–Trinajstić information content (AvgIpc) is 2.27. The summed E-state index contributed by atoms with van der Waals surface area (Å²) in [7, 11) is 1.66. The van der Waals surface area contributed by atoms with Crippen LogP contribution in [0.4, 0.5) is 17.6 Å². The van der Waals surface area contributed by atoms with Crippen molar-refractivity contribution in [3.8, 4) is 0 Å². The predicted octanol–water partition coefficient (Wildman–Crippen LogP) is 3.05. The Morgan fingerprint density at radius 2 is 1.95 bits per heavy atom. The maximum Gasteiger partial charge on any atom is 0.416 e. The molecule has 2 nitrogen and oxygen atoms in total. The Labute approximate surface area is 109 Å². The normalized spacial score (nSPS) is 13.9. The molecular formula is C13H17F4NO. The fraction of sp³-hybridized carbons (Fsp3) is 0.538. The molecule has 6 heteroatoms. The molecule has 1 rings (SSSR count). The first-order valence-corrected chi connectivity index (χ1v) is 5.92. The first kappa shape index (κ1) is 15.9. The smallest absolute Gasteiger partial charge is 0.393 e. The molecule has 0 heterocycles. The van der Waals surface area contributed by atoms with E-state index >= 15 is 0 Å². The molecule has 1 aromatic rings. The lowest BCUT2D eigenvalue weighted by Crippen LogP contribution is -2.24. The molecule has 0 saturated carbocycles. The van der Waals surface area contributed by atoms with Crippen LogP contribution in [0.1, 0.15) is 24.5 Å². The number of nitrogens with zero attached hydrogens (tertiary/aromatic N) is 1. The monoisotopic (exact) mass is 279 g/mol. The van der Waals surface area contributed by atoms with E-state index < -0.39 is 23.7 Å². The molecule has 108 valence electrons. The first-order valence-electron chi connectivity index (χ1n) is 5.92. The third-order valence-electron chi connectivity index (χ3n) is 2.75. The van der Waals surface area contributed by atoms with Crippen LogP contribution in [0.15, 0.2) is 18.2 Å². The second-order valence-corrected chi connectivity index (χ2v) is 4.67. The van der Waals surface area contributed by atoms with Gasteiger partial charge in [0.25, 0.3) is 0 Å². The largest absolute Gasteiger partial charge is 0.416 e. The quantitative estimate of drug-likeness (QED) is 0.837. The Bertz CT molecular complexity index is 418. The number of aliphatic hydroxyl groups excluding tert-OH is 1. The summed E-state index contributed by atoms with van der Waals surface area (Å²) >= 11 is 0. The molecule has 0 saturated heterocycles. The fourth-order valence-corrected chi connectivity index (χ4v) is 1.73. The van der Waals surface area contributed by atoms with E-state index in [2.05, 4.69) is 0 Å². The van der Waals surface area contributed by atoms with Crippen molar-refractivity contribution < 1.29 is 22.7 Å². The molecular weight excluding hydrogens is 262 g/mol. The predicted molar refractivity (Wildman–Crippen MR) is 64.0 cm³/mol. The molecule has 0 amide bonds. The molecule has 0 spiro atoms. The van der Waals surface area contributed by atoms with Gasteiger partial charge in [-0.15, -0.1) is 0 Å². The molecule has 1 aromatic carbocycles. The van der Waals surface area contributed by atoms with Crippen LogP contribution in [0, 0.1) is 5.82 Å². The van der Waals surface area contributed by atoms with Crippen molar-refractivity contribution in [1.29, 1.82) is 0 Å². The van der Waals surface area contributed by atoms with Gasteiger partial charge in [0.1, 0.15) is 5.82 Å². The molecule has 1 N–H and O–H groups in total. The topological polar surface area (TPSA) is 23.5 Å². The van der Waals surface area contributed by atoms with Crippen molar-refractivity contribution in [2.75, 3.05) is 13.6 Å². The van der Waals surface area contributed by atoms with Crippen LogP contribution >= 0.6 is 0 Å². The zero-order valence-corrected chi connectivity index (χ0v) is 10.8. The summed E-state index contributed by atoms with van der Waals surface area (Å²) in [6, 6.07) is 2.68. The SMILES string of the molecule is CC(O)CCN(C)Cc1ccc(F)cc1C(F)(F)F. The summed E-state index contributed by atoms with van der Waals surface area (Å²) in [6.45, 7) is 2.14. The lowest BCUT2D eigenvalue weighted by Gasteiger charge is -2.20. The van der Waals surface area contributed by atoms with E-state index in [1.54, 1.807) is 18.9 Å². The maximum atomic E-state index is 12.9. The highest BCUT2D eigenvalue weighted by Gasteiger charge is 2.33. The van der Waals surface area contributed by atoms with Gasteiger partial charge in [-0.3, -0.25) is 0 Å². The molecule has 1 atom stereocenters. The zero-order chi connectivity index (χ0) is 14.6. The Kier molecular flexibility index (Phi) is 5.31. The number of benzene rings is 1. The second kappa shape index (κ2) is 6.34. The Balaban J connectivity index is 2.83. The van der Waals surface area contributed by atoms with Crippen molar-refractivity contribution in [3.63, 3.8) is 0 Å². The van der Waals surface area contributed by atoms with Crippen LogP contribution in [0.5, 0.6) is 0 Å². The van der Waals surface area contributed by atoms with Gasteiger partial charge in [-0.2, -0.15) is 13.2 Å². The van der Waals surface area contributed by atoms with E-state index in [9.17, 15) is 17.6 Å². The van der Waals surface area contributed by atoms with E-state index in [0.29, 0.717) is 19.0 Å². The van der Waals surface area contributed by atoms with Gasteiger partial charge < -0.3 is 10.0 Å². The average molecular weight is 279 g/mol. The highest BCUT2D eigenvalue weighted by atomic mass is 19.4. The number of aliphatic hydroxyl groups is 1. The van der Waals surface area contributed by atoms with Crippen LogP contribution < -0.4 is 0 Å². The molecule has 0 aromatic heterocycles. The van der Waals surface area contributed by atoms with Crippen molar-refractivity contribution in [2.24, 2.45) is 0 Å². The molecule has 0 aliphatic heterocycles. The van der Waals surface area contributed by atoms with E-state index in [-0.39, 0.29) is 12.1 Å². The maximum absolute atomic E-state index is 12.9. The minimum absolute atomic E-state index is 0.0296. The molecule has 0 bridgehead atoms. The Hall–Kier alpha value is -1.14. The highest BCUT2D eigenvalue weighted by molar-refractivity contribution is 5.30. The standard InChI is InChI=1S/C13H17F4NO/c1-9(19)5-6-18(2)8-10-3-4-11(14)7-12(10)13(15,16)17/h3-4,7,9,19H,5-6,8H2,1-2H3. The number of rotatable bonds is 5. The van der Waals surface area contributed by atoms with E-state index in [4.69, 9.17) is 5.11 Å². The van der Waals surface area contributed by atoms with Crippen molar-refractivity contribution in [2.45, 2.75) is 32.2 Å². The number of alkyl halides is 3. The lowest BCUT2D eigenvalue weighted by atomic mass is 10.1. The first-order chi connectivity index (χ1) is 8.70. The van der Waals surface area contributed by atoms with Gasteiger partial charge in [0, 0.05) is 13.1 Å². The van der Waals surface area contributed by atoms with Gasteiger partial charge in [-0.1, -0.05) is 6.07 Å². The zero-order valence-electron chi connectivity index (χ0n) is 10.8. The summed E-state index contributed by atoms with van der Waals surface area (Å²) in [4.78, 5) is 1.66. The van der Waals surface area contributed by atoms with Crippen LogP contribution in [-0.4, -0.2) is 29.7 Å². The van der Waals surface area contributed by atoms with Gasteiger partial charge in [-0.05, 0) is 38.1 Å². The summed E-state index contributed by atoms with van der Waals surface area (Å²) < 4.78 is 51.2. The van der Waals surface area contributed by atoms with E-state index in [0.717, 1.165) is 12.1 Å². The van der Waals surface area contributed by atoms with E-state index in [1.165, 1.54) is 0 Å². The molecule has 19 heavy (non-hydrogen) atoms. The van der Waals surface area contributed by atoms with Gasteiger partial charge >= 0.3 is 6.18 Å². The Morgan fingerprint density at radius 1 is 1.32 bits per heavy atom.